The molecule has 162 valence electrons. The Kier molecular flexibility index (Phi) is 7.59. The number of nitrogens with one attached hydrogen (secondary N) is 1. The Bertz CT molecular complexity index is 1280. The molecule has 1 N–H and O–H groups in total. The first-order chi connectivity index (χ1) is 15.4. The van der Waals surface area contributed by atoms with E-state index in [1.54, 1.807) is 24.4 Å². The van der Waals surface area contributed by atoms with Crippen LogP contribution in [0.1, 0.15) is 21.7 Å². The molecular formula is C23H14Cl2I2N2O3. The Morgan fingerprint density at radius 1 is 1.06 bits per heavy atom. The average Bonchev–Trinajstić information content (AvgIpc) is 3.19. The molecule has 5 nitrogen and oxygen atoms in total. The van der Waals surface area contributed by atoms with Gasteiger partial charge in [-0.2, -0.15) is 5.10 Å². The summed E-state index contributed by atoms with van der Waals surface area (Å²) >= 11 is 16.6. The van der Waals surface area contributed by atoms with Crippen molar-refractivity contribution in [2.75, 3.05) is 0 Å². The standard InChI is InChI=1S/C23H14Cl2I2N2O3/c24-16-6-5-15(17(25)10-16)12-31-22-18(26)7-13(8-19(22)27)11-28-29-23(30)21-9-14-3-1-2-4-20(14)32-21/h1-11H,12H2,(H,29,30)/b28-11+. The van der Waals surface area contributed by atoms with Crippen LogP contribution >= 0.6 is 68.4 Å². The van der Waals surface area contributed by atoms with Crippen LogP contribution in [-0.4, -0.2) is 12.1 Å². The lowest BCUT2D eigenvalue weighted by Crippen LogP contribution is -2.16. The molecular weight excluding hydrogens is 677 g/mol. The number of benzene rings is 3. The average molecular weight is 691 g/mol. The first-order valence-corrected chi connectivity index (χ1v) is 12.2. The minimum atomic E-state index is -0.415. The van der Waals surface area contributed by atoms with Crippen molar-refractivity contribution in [3.05, 3.63) is 94.7 Å². The highest BCUT2D eigenvalue weighted by Crippen LogP contribution is 2.30. The molecule has 4 aromatic rings. The Labute approximate surface area is 221 Å². The zero-order chi connectivity index (χ0) is 22.7. The molecule has 9 heteroatoms. The second-order valence-corrected chi connectivity index (χ2v) is 9.85. The highest BCUT2D eigenvalue weighted by Gasteiger charge is 2.12. The van der Waals surface area contributed by atoms with Crippen molar-refractivity contribution in [2.45, 2.75) is 6.61 Å². The maximum absolute atomic E-state index is 12.3. The molecule has 1 aromatic heterocycles. The molecule has 0 saturated carbocycles. The van der Waals surface area contributed by atoms with E-state index in [1.807, 2.05) is 42.5 Å². The molecule has 0 saturated heterocycles. The number of hydrazone groups is 1. The summed E-state index contributed by atoms with van der Waals surface area (Å²) in [6, 6.07) is 18.3. The lowest BCUT2D eigenvalue weighted by molar-refractivity contribution is 0.0929. The minimum Gasteiger partial charge on any atom is -0.487 e. The number of furan rings is 1. The fraction of sp³-hybridized carbons (Fsp3) is 0.0435. The third kappa shape index (κ3) is 5.56. The summed E-state index contributed by atoms with van der Waals surface area (Å²) < 4.78 is 13.3. The van der Waals surface area contributed by atoms with E-state index in [1.165, 1.54) is 0 Å². The van der Waals surface area contributed by atoms with Gasteiger partial charge in [0.25, 0.3) is 0 Å². The number of carbonyl (C=O) groups is 1. The van der Waals surface area contributed by atoms with Crippen LogP contribution in [-0.2, 0) is 6.61 Å². The molecule has 1 heterocycles. The quantitative estimate of drug-likeness (QED) is 0.131. The predicted octanol–water partition coefficient (Wildman–Crippen LogP) is 7.29. The van der Waals surface area contributed by atoms with E-state index in [-0.39, 0.29) is 5.76 Å². The number of carbonyl (C=O) groups excluding carboxylic acids is 1. The highest BCUT2D eigenvalue weighted by molar-refractivity contribution is 14.1. The van der Waals surface area contributed by atoms with E-state index >= 15 is 0 Å². The smallest absolute Gasteiger partial charge is 0.307 e. The zero-order valence-electron chi connectivity index (χ0n) is 16.2. The summed E-state index contributed by atoms with van der Waals surface area (Å²) in [4.78, 5) is 12.3. The van der Waals surface area contributed by atoms with Gasteiger partial charge in [0.15, 0.2) is 5.76 Å². The summed E-state index contributed by atoms with van der Waals surface area (Å²) in [5, 5.41) is 6.06. The molecule has 0 aliphatic rings. The van der Waals surface area contributed by atoms with E-state index in [9.17, 15) is 4.79 Å². The normalized spacial score (nSPS) is 11.2. The van der Waals surface area contributed by atoms with Crippen molar-refractivity contribution in [1.82, 2.24) is 5.43 Å². The van der Waals surface area contributed by atoms with E-state index in [4.69, 9.17) is 32.4 Å². The third-order valence-corrected chi connectivity index (χ3v) is 6.63. The molecule has 0 atom stereocenters. The minimum absolute atomic E-state index is 0.206. The Balaban J connectivity index is 1.41. The van der Waals surface area contributed by atoms with Gasteiger partial charge in [-0.3, -0.25) is 4.79 Å². The molecule has 32 heavy (non-hydrogen) atoms. The number of ether oxygens (including phenoxy) is 1. The Morgan fingerprint density at radius 2 is 1.81 bits per heavy atom. The SMILES string of the molecule is O=C(N/N=C/c1cc(I)c(OCc2ccc(Cl)cc2Cl)c(I)c1)c1cc2ccccc2o1. The van der Waals surface area contributed by atoms with Crippen LogP contribution in [0.3, 0.4) is 0 Å². The van der Waals surface area contributed by atoms with Crippen molar-refractivity contribution >= 4 is 91.5 Å². The van der Waals surface area contributed by atoms with Crippen molar-refractivity contribution in [1.29, 1.82) is 0 Å². The van der Waals surface area contributed by atoms with E-state index in [0.29, 0.717) is 22.2 Å². The molecule has 3 aromatic carbocycles. The van der Waals surface area contributed by atoms with Crippen LogP contribution < -0.4 is 10.2 Å². The third-order valence-electron chi connectivity index (χ3n) is 4.44. The summed E-state index contributed by atoms with van der Waals surface area (Å²) in [7, 11) is 0. The lowest BCUT2D eigenvalue weighted by atomic mass is 10.2. The van der Waals surface area contributed by atoms with Gasteiger partial charge < -0.3 is 9.15 Å². The Morgan fingerprint density at radius 3 is 2.53 bits per heavy atom. The van der Waals surface area contributed by atoms with Crippen LogP contribution in [0.15, 0.2) is 70.2 Å². The summed E-state index contributed by atoms with van der Waals surface area (Å²) in [5.41, 5.74) is 4.82. The predicted molar refractivity (Wildman–Crippen MR) is 144 cm³/mol. The largest absolute Gasteiger partial charge is 0.487 e. The number of halogens is 4. The van der Waals surface area contributed by atoms with E-state index < -0.39 is 5.91 Å². The van der Waals surface area contributed by atoms with Gasteiger partial charge in [-0.15, -0.1) is 0 Å². The van der Waals surface area contributed by atoms with Crippen molar-refractivity contribution in [2.24, 2.45) is 5.10 Å². The van der Waals surface area contributed by atoms with Crippen molar-refractivity contribution < 1.29 is 13.9 Å². The molecule has 0 radical (unpaired) electrons. The van der Waals surface area contributed by atoms with E-state index in [2.05, 4.69) is 55.7 Å². The topological polar surface area (TPSA) is 63.8 Å². The number of hydrogen-bond donors (Lipinski definition) is 1. The molecule has 0 fully saturated rings. The number of para-hydroxylation sites is 1. The molecule has 4 rings (SSSR count). The molecule has 0 aliphatic heterocycles. The number of amides is 1. The summed E-state index contributed by atoms with van der Waals surface area (Å²) in [5.74, 6) is 0.541. The molecule has 1 amide bonds. The second kappa shape index (κ2) is 10.4. The first-order valence-electron chi connectivity index (χ1n) is 9.28. The van der Waals surface area contributed by atoms with Crippen LogP contribution in [0.5, 0.6) is 5.75 Å². The molecule has 0 spiro atoms. The number of hydrogen-bond acceptors (Lipinski definition) is 4. The van der Waals surface area contributed by atoms with Gasteiger partial charge in [-0.25, -0.2) is 5.43 Å². The van der Waals surface area contributed by atoms with Gasteiger partial charge in [0, 0.05) is 21.0 Å². The fourth-order valence-electron chi connectivity index (χ4n) is 2.89. The fourth-order valence-corrected chi connectivity index (χ4v) is 5.49. The molecule has 0 bridgehead atoms. The monoisotopic (exact) mass is 690 g/mol. The van der Waals surface area contributed by atoms with Gasteiger partial charge in [0.05, 0.1) is 13.4 Å². The number of nitrogens with zero attached hydrogens (tertiary/aromatic N) is 1. The van der Waals surface area contributed by atoms with Crippen LogP contribution in [0.4, 0.5) is 0 Å². The van der Waals surface area contributed by atoms with Gasteiger partial charge in [-0.05, 0) is 87.1 Å². The maximum atomic E-state index is 12.3. The van der Waals surface area contributed by atoms with Crippen LogP contribution in [0.25, 0.3) is 11.0 Å². The van der Waals surface area contributed by atoms with Gasteiger partial charge in [0.1, 0.15) is 17.9 Å². The molecule has 0 aliphatic carbocycles. The van der Waals surface area contributed by atoms with Gasteiger partial charge in [0.2, 0.25) is 0 Å². The number of rotatable bonds is 6. The van der Waals surface area contributed by atoms with Crippen molar-refractivity contribution in [3.63, 3.8) is 0 Å². The number of fused-ring (bicyclic) bond motifs is 1. The second-order valence-electron chi connectivity index (χ2n) is 6.69. The summed E-state index contributed by atoms with van der Waals surface area (Å²) in [6.07, 6.45) is 1.57. The highest BCUT2D eigenvalue weighted by atomic mass is 127. The zero-order valence-corrected chi connectivity index (χ0v) is 22.1. The van der Waals surface area contributed by atoms with Crippen molar-refractivity contribution in [3.8, 4) is 5.75 Å². The van der Waals surface area contributed by atoms with E-state index in [0.717, 1.165) is 29.4 Å². The first kappa shape index (κ1) is 23.3. The lowest BCUT2D eigenvalue weighted by Gasteiger charge is -2.12. The summed E-state index contributed by atoms with van der Waals surface area (Å²) in [6.45, 7) is 0.322. The Hall–Kier alpha value is -1.82. The van der Waals surface area contributed by atoms with Crippen LogP contribution in [0, 0.1) is 7.14 Å². The van der Waals surface area contributed by atoms with Gasteiger partial charge in [-0.1, -0.05) is 47.5 Å². The maximum Gasteiger partial charge on any atom is 0.307 e. The van der Waals surface area contributed by atoms with Gasteiger partial charge >= 0.3 is 5.91 Å². The molecule has 0 unspecified atom stereocenters. The van der Waals surface area contributed by atoms with Crippen LogP contribution in [0.2, 0.25) is 10.0 Å².